The van der Waals surface area contributed by atoms with Gasteiger partial charge in [-0.1, -0.05) is 42.5 Å². The Morgan fingerprint density at radius 1 is 1.07 bits per heavy atom. The first-order chi connectivity index (χ1) is 13.5. The third-order valence-corrected chi connectivity index (χ3v) is 4.92. The molecule has 9 heteroatoms. The summed E-state index contributed by atoms with van der Waals surface area (Å²) in [5, 5.41) is 14.4. The second-order valence-electron chi connectivity index (χ2n) is 7.03. The number of anilines is 1. The molecule has 3 atom stereocenters. The van der Waals surface area contributed by atoms with Gasteiger partial charge in [-0.2, -0.15) is 13.2 Å². The van der Waals surface area contributed by atoms with Crippen molar-refractivity contribution < 1.29 is 27.9 Å². The Bertz CT molecular complexity index is 901. The van der Waals surface area contributed by atoms with Crippen molar-refractivity contribution in [2.75, 3.05) is 19.0 Å². The highest BCUT2D eigenvalue weighted by molar-refractivity contribution is 6.00. The van der Waals surface area contributed by atoms with Crippen LogP contribution in [0.4, 0.5) is 23.7 Å². The molecule has 3 rings (SSSR count). The van der Waals surface area contributed by atoms with E-state index in [2.05, 4.69) is 5.32 Å². The number of hydrogen-bond acceptors (Lipinski definition) is 4. The van der Waals surface area contributed by atoms with E-state index in [1.807, 2.05) is 0 Å². The number of nitrogens with zero attached hydrogens (tertiary/aromatic N) is 1. The number of nitrogens with one attached hydrogen (secondary N) is 2. The largest absolute Gasteiger partial charge is 0.437 e. The highest BCUT2D eigenvalue weighted by Gasteiger charge is 2.66. The number of aliphatic hydroxyl groups is 1. The third-order valence-electron chi connectivity index (χ3n) is 4.92. The number of Topliss-reactive ketones (excluding diaryl/α,β-unsaturated/α-hetero) is 1. The lowest BCUT2D eigenvalue weighted by Crippen LogP contribution is -2.72. The first-order valence-corrected chi connectivity index (χ1v) is 8.79. The number of carbonyl (C=O) groups is 2. The van der Waals surface area contributed by atoms with Gasteiger partial charge in [-0.25, -0.2) is 4.79 Å². The first-order valence-electron chi connectivity index (χ1n) is 8.79. The smallest absolute Gasteiger partial charge is 0.378 e. The maximum absolute atomic E-state index is 13.8. The predicted octanol–water partition coefficient (Wildman–Crippen LogP) is 2.86. The number of halogens is 3. The van der Waals surface area contributed by atoms with Crippen LogP contribution in [0.1, 0.15) is 22.0 Å². The summed E-state index contributed by atoms with van der Waals surface area (Å²) in [7, 11) is 3.59. The average Bonchev–Trinajstić information content (AvgIpc) is 2.67. The Balaban J connectivity index is 2.13. The zero-order valence-corrected chi connectivity index (χ0v) is 15.7. The first kappa shape index (κ1) is 20.7. The maximum Gasteiger partial charge on any atom is 0.437 e. The molecule has 0 radical (unpaired) electrons. The molecule has 154 valence electrons. The highest BCUT2D eigenvalue weighted by Crippen LogP contribution is 2.44. The normalized spacial score (nSPS) is 24.4. The number of alkyl halides is 3. The molecule has 1 aliphatic heterocycles. The number of benzene rings is 2. The molecule has 0 saturated carbocycles. The van der Waals surface area contributed by atoms with Crippen LogP contribution in [0, 0.1) is 5.92 Å². The van der Waals surface area contributed by atoms with Crippen molar-refractivity contribution in [1.29, 1.82) is 0 Å². The van der Waals surface area contributed by atoms with Gasteiger partial charge in [-0.05, 0) is 17.7 Å². The lowest BCUT2D eigenvalue weighted by molar-refractivity contribution is -0.287. The van der Waals surface area contributed by atoms with E-state index in [1.54, 1.807) is 37.2 Å². The quantitative estimate of drug-likeness (QED) is 0.681. The van der Waals surface area contributed by atoms with Gasteiger partial charge in [0.05, 0.1) is 6.04 Å². The minimum absolute atomic E-state index is 0.00645. The molecule has 0 bridgehead atoms. The summed E-state index contributed by atoms with van der Waals surface area (Å²) in [4.78, 5) is 26.9. The summed E-state index contributed by atoms with van der Waals surface area (Å²) < 4.78 is 41.5. The fourth-order valence-corrected chi connectivity index (χ4v) is 3.38. The predicted molar refractivity (Wildman–Crippen MR) is 100 cm³/mol. The summed E-state index contributed by atoms with van der Waals surface area (Å²) in [6.45, 7) is 0. The topological polar surface area (TPSA) is 81.7 Å². The summed E-state index contributed by atoms with van der Waals surface area (Å²) in [6.07, 6.45) is -5.28. The molecule has 1 heterocycles. The van der Waals surface area contributed by atoms with Crippen LogP contribution in [0.5, 0.6) is 0 Å². The monoisotopic (exact) mass is 407 g/mol. The Morgan fingerprint density at radius 3 is 2.17 bits per heavy atom. The number of amides is 2. The molecule has 0 aromatic heterocycles. The molecule has 6 nitrogen and oxygen atoms in total. The molecule has 2 amide bonds. The molecule has 29 heavy (non-hydrogen) atoms. The number of hydrogen-bond donors (Lipinski definition) is 3. The fraction of sp³-hybridized carbons (Fsp3) is 0.300. The number of rotatable bonds is 4. The average molecular weight is 407 g/mol. The molecule has 0 unspecified atom stereocenters. The Hall–Kier alpha value is -3.07. The van der Waals surface area contributed by atoms with E-state index >= 15 is 0 Å². The molecule has 1 fully saturated rings. The molecule has 2 aromatic carbocycles. The van der Waals surface area contributed by atoms with E-state index < -0.39 is 35.7 Å². The zero-order valence-electron chi connectivity index (χ0n) is 15.7. The van der Waals surface area contributed by atoms with Gasteiger partial charge in [0.2, 0.25) is 5.72 Å². The van der Waals surface area contributed by atoms with Crippen molar-refractivity contribution in [1.82, 2.24) is 10.6 Å². The SMILES string of the molecule is CN(C)c1ccc([C@@H]2NC(=O)N[C@@](O)(C(F)(F)F)[C@H]2C(=O)c2ccccc2)cc1. The molecule has 3 N–H and O–H groups in total. The van der Waals surface area contributed by atoms with Crippen LogP contribution in [0.15, 0.2) is 54.6 Å². The van der Waals surface area contributed by atoms with Crippen LogP contribution in [-0.4, -0.2) is 42.9 Å². The molecular formula is C20H20F3N3O3. The molecule has 1 saturated heterocycles. The van der Waals surface area contributed by atoms with Crippen LogP contribution in [0.2, 0.25) is 0 Å². The third kappa shape index (κ3) is 3.77. The number of urea groups is 1. The van der Waals surface area contributed by atoms with Crippen molar-refractivity contribution >= 4 is 17.5 Å². The fourth-order valence-electron chi connectivity index (χ4n) is 3.38. The van der Waals surface area contributed by atoms with Gasteiger partial charge >= 0.3 is 12.2 Å². The van der Waals surface area contributed by atoms with Crippen molar-refractivity contribution in [3.63, 3.8) is 0 Å². The van der Waals surface area contributed by atoms with Crippen LogP contribution >= 0.6 is 0 Å². The van der Waals surface area contributed by atoms with Gasteiger partial charge < -0.3 is 20.6 Å². The van der Waals surface area contributed by atoms with Crippen LogP contribution in [0.25, 0.3) is 0 Å². The standard InChI is InChI=1S/C20H20F3N3O3/c1-26(2)14-10-8-12(9-11-14)16-15(17(27)13-6-4-3-5-7-13)19(29,20(21,22)23)25-18(28)24-16/h3-11,15-16,29H,1-2H3,(H2,24,25,28)/t15-,16+,19+/m1/s1. The van der Waals surface area contributed by atoms with Gasteiger partial charge in [-0.3, -0.25) is 4.79 Å². The van der Waals surface area contributed by atoms with E-state index in [-0.39, 0.29) is 11.1 Å². The zero-order chi connectivity index (χ0) is 21.4. The minimum atomic E-state index is -5.28. The number of ketones is 1. The molecule has 0 aliphatic carbocycles. The van der Waals surface area contributed by atoms with E-state index in [1.165, 1.54) is 41.7 Å². The van der Waals surface area contributed by atoms with Gasteiger partial charge in [0.25, 0.3) is 0 Å². The minimum Gasteiger partial charge on any atom is -0.378 e. The molecule has 0 spiro atoms. The van der Waals surface area contributed by atoms with Gasteiger partial charge in [-0.15, -0.1) is 0 Å². The van der Waals surface area contributed by atoms with E-state index in [9.17, 15) is 27.9 Å². The van der Waals surface area contributed by atoms with E-state index in [0.717, 1.165) is 5.69 Å². The second kappa shape index (κ2) is 7.40. The van der Waals surface area contributed by atoms with E-state index in [0.29, 0.717) is 0 Å². The summed E-state index contributed by atoms with van der Waals surface area (Å²) in [5.74, 6) is -2.98. The number of carbonyl (C=O) groups excluding carboxylic acids is 2. The summed E-state index contributed by atoms with van der Waals surface area (Å²) in [5.41, 5.74) is -2.69. The Morgan fingerprint density at radius 2 is 1.66 bits per heavy atom. The summed E-state index contributed by atoms with van der Waals surface area (Å²) >= 11 is 0. The van der Waals surface area contributed by atoms with Gasteiger partial charge in [0.15, 0.2) is 5.78 Å². The lowest BCUT2D eigenvalue weighted by atomic mass is 9.77. The molecule has 1 aliphatic rings. The lowest BCUT2D eigenvalue weighted by Gasteiger charge is -2.45. The van der Waals surface area contributed by atoms with Crippen molar-refractivity contribution in [3.05, 3.63) is 65.7 Å². The van der Waals surface area contributed by atoms with Crippen LogP contribution < -0.4 is 15.5 Å². The summed E-state index contributed by atoms with van der Waals surface area (Å²) in [6, 6.07) is 11.1. The van der Waals surface area contributed by atoms with Crippen molar-refractivity contribution in [2.24, 2.45) is 5.92 Å². The van der Waals surface area contributed by atoms with Gasteiger partial charge in [0.1, 0.15) is 5.92 Å². The second-order valence-corrected chi connectivity index (χ2v) is 7.03. The Kier molecular flexibility index (Phi) is 5.27. The van der Waals surface area contributed by atoms with Crippen molar-refractivity contribution in [3.8, 4) is 0 Å². The maximum atomic E-state index is 13.8. The molecular weight excluding hydrogens is 387 g/mol. The van der Waals surface area contributed by atoms with Crippen LogP contribution in [-0.2, 0) is 0 Å². The Labute approximate surface area is 165 Å². The van der Waals surface area contributed by atoms with Crippen molar-refractivity contribution in [2.45, 2.75) is 17.9 Å². The highest BCUT2D eigenvalue weighted by atomic mass is 19.4. The van der Waals surface area contributed by atoms with Gasteiger partial charge in [0, 0.05) is 25.3 Å². The van der Waals surface area contributed by atoms with Crippen LogP contribution in [0.3, 0.4) is 0 Å². The van der Waals surface area contributed by atoms with E-state index in [4.69, 9.17) is 0 Å². The molecule has 2 aromatic rings.